The minimum absolute atomic E-state index is 0.0176. The molecule has 2 rings (SSSR count). The first-order valence-electron chi connectivity index (χ1n) is 5.86. The van der Waals surface area contributed by atoms with Crippen molar-refractivity contribution in [1.82, 2.24) is 0 Å². The van der Waals surface area contributed by atoms with Gasteiger partial charge in [0.2, 0.25) is 5.91 Å². The van der Waals surface area contributed by atoms with Gasteiger partial charge in [0.15, 0.2) is 0 Å². The summed E-state index contributed by atoms with van der Waals surface area (Å²) in [6.45, 7) is 0.444. The standard InChI is InChI=1S/C13H14ClNO4/c1-19-13(18)10-3-2-9(5-11(10)14)15-6-8(7-16)4-12(15)17/h2-3,5,8,16H,4,6-7H2,1H3. The van der Waals surface area contributed by atoms with Gasteiger partial charge < -0.3 is 14.7 Å². The summed E-state index contributed by atoms with van der Waals surface area (Å²) >= 11 is 6.01. The van der Waals surface area contributed by atoms with Gasteiger partial charge in [-0.2, -0.15) is 0 Å². The van der Waals surface area contributed by atoms with Crippen molar-refractivity contribution in [1.29, 1.82) is 0 Å². The Morgan fingerprint density at radius 1 is 1.58 bits per heavy atom. The van der Waals surface area contributed by atoms with Gasteiger partial charge >= 0.3 is 5.97 Å². The summed E-state index contributed by atoms with van der Waals surface area (Å²) in [5.41, 5.74) is 0.886. The first kappa shape index (κ1) is 13.8. The number of carbonyl (C=O) groups is 2. The Labute approximate surface area is 115 Å². The summed E-state index contributed by atoms with van der Waals surface area (Å²) < 4.78 is 4.60. The van der Waals surface area contributed by atoms with E-state index < -0.39 is 5.97 Å². The summed E-state index contributed by atoms with van der Waals surface area (Å²) in [6.07, 6.45) is 0.326. The maximum Gasteiger partial charge on any atom is 0.339 e. The third kappa shape index (κ3) is 2.72. The van der Waals surface area contributed by atoms with Gasteiger partial charge in [0, 0.05) is 31.2 Å². The Morgan fingerprint density at radius 2 is 2.32 bits per heavy atom. The van der Waals surface area contributed by atoms with Gasteiger partial charge in [-0.3, -0.25) is 4.79 Å². The predicted octanol–water partition coefficient (Wildman–Crippen LogP) is 1.47. The molecular formula is C13H14ClNO4. The number of carbonyl (C=O) groups excluding carboxylic acids is 2. The molecule has 1 aromatic rings. The molecule has 102 valence electrons. The molecule has 1 unspecified atom stereocenters. The van der Waals surface area contributed by atoms with Gasteiger partial charge in [0.05, 0.1) is 17.7 Å². The Bertz CT molecular complexity index is 517. The van der Waals surface area contributed by atoms with Gasteiger partial charge in [-0.25, -0.2) is 4.79 Å². The zero-order chi connectivity index (χ0) is 14.0. The van der Waals surface area contributed by atoms with Crippen molar-refractivity contribution in [2.45, 2.75) is 6.42 Å². The average molecular weight is 284 g/mol. The van der Waals surface area contributed by atoms with Crippen molar-refractivity contribution in [3.8, 4) is 0 Å². The fourth-order valence-corrected chi connectivity index (χ4v) is 2.35. The lowest BCUT2D eigenvalue weighted by atomic mass is 10.1. The number of methoxy groups -OCH3 is 1. The van der Waals surface area contributed by atoms with Crippen LogP contribution in [0.15, 0.2) is 18.2 Å². The smallest absolute Gasteiger partial charge is 0.339 e. The minimum Gasteiger partial charge on any atom is -0.465 e. The number of rotatable bonds is 3. The van der Waals surface area contributed by atoms with E-state index >= 15 is 0 Å². The van der Waals surface area contributed by atoms with E-state index in [0.29, 0.717) is 18.7 Å². The average Bonchev–Trinajstić information content (AvgIpc) is 2.79. The SMILES string of the molecule is COC(=O)c1ccc(N2CC(CO)CC2=O)cc1Cl. The van der Waals surface area contributed by atoms with E-state index in [0.717, 1.165) is 0 Å². The molecule has 1 aliphatic heterocycles. The number of hydrogen-bond acceptors (Lipinski definition) is 4. The maximum atomic E-state index is 11.8. The lowest BCUT2D eigenvalue weighted by Gasteiger charge is -2.17. The fraction of sp³-hybridized carbons (Fsp3) is 0.385. The number of nitrogens with zero attached hydrogens (tertiary/aromatic N) is 1. The molecule has 0 radical (unpaired) electrons. The lowest BCUT2D eigenvalue weighted by molar-refractivity contribution is -0.117. The van der Waals surface area contributed by atoms with Crippen LogP contribution < -0.4 is 4.90 Å². The van der Waals surface area contributed by atoms with Crippen LogP contribution in [0.1, 0.15) is 16.8 Å². The summed E-state index contributed by atoms with van der Waals surface area (Å²) in [4.78, 5) is 24.8. The van der Waals surface area contributed by atoms with Crippen LogP contribution in [0.25, 0.3) is 0 Å². The van der Waals surface area contributed by atoms with E-state index in [1.165, 1.54) is 13.2 Å². The highest BCUT2D eigenvalue weighted by Crippen LogP contribution is 2.29. The number of halogens is 1. The van der Waals surface area contributed by atoms with E-state index in [-0.39, 0.29) is 29.0 Å². The molecule has 1 aliphatic rings. The highest BCUT2D eigenvalue weighted by Gasteiger charge is 2.30. The monoisotopic (exact) mass is 283 g/mol. The molecule has 1 atom stereocenters. The molecule has 0 saturated carbocycles. The van der Waals surface area contributed by atoms with Crippen molar-refractivity contribution in [2.75, 3.05) is 25.2 Å². The van der Waals surface area contributed by atoms with Gasteiger partial charge in [0.1, 0.15) is 0 Å². The number of amides is 1. The van der Waals surface area contributed by atoms with Crippen LogP contribution >= 0.6 is 11.6 Å². The van der Waals surface area contributed by atoms with Crippen LogP contribution in [0, 0.1) is 5.92 Å². The molecule has 0 aromatic heterocycles. The van der Waals surface area contributed by atoms with Gasteiger partial charge in [-0.1, -0.05) is 11.6 Å². The molecule has 1 N–H and O–H groups in total. The summed E-state index contributed by atoms with van der Waals surface area (Å²) in [7, 11) is 1.28. The summed E-state index contributed by atoms with van der Waals surface area (Å²) in [5, 5.41) is 9.33. The number of aliphatic hydroxyl groups excluding tert-OH is 1. The quantitative estimate of drug-likeness (QED) is 0.853. The molecule has 1 amide bonds. The predicted molar refractivity (Wildman–Crippen MR) is 70.3 cm³/mol. The van der Waals surface area contributed by atoms with Crippen LogP contribution in [0.4, 0.5) is 5.69 Å². The highest BCUT2D eigenvalue weighted by atomic mass is 35.5. The van der Waals surface area contributed by atoms with Crippen molar-refractivity contribution in [3.05, 3.63) is 28.8 Å². The Hall–Kier alpha value is -1.59. The number of benzene rings is 1. The van der Waals surface area contributed by atoms with E-state index in [9.17, 15) is 9.59 Å². The first-order valence-corrected chi connectivity index (χ1v) is 6.23. The Kier molecular flexibility index (Phi) is 4.07. The second kappa shape index (κ2) is 5.59. The molecule has 1 fully saturated rings. The molecule has 0 spiro atoms. The summed E-state index contributed by atoms with van der Waals surface area (Å²) in [6, 6.07) is 4.74. The second-order valence-corrected chi connectivity index (χ2v) is 4.82. The van der Waals surface area contributed by atoms with Crippen LogP contribution in [-0.4, -0.2) is 37.2 Å². The van der Waals surface area contributed by atoms with Crippen molar-refractivity contribution >= 4 is 29.2 Å². The van der Waals surface area contributed by atoms with Crippen molar-refractivity contribution < 1.29 is 19.4 Å². The van der Waals surface area contributed by atoms with Gasteiger partial charge in [-0.05, 0) is 18.2 Å². The molecule has 5 nitrogen and oxygen atoms in total. The third-order valence-electron chi connectivity index (χ3n) is 3.13. The Balaban J connectivity index is 2.25. The third-order valence-corrected chi connectivity index (χ3v) is 3.45. The molecule has 0 aliphatic carbocycles. The van der Waals surface area contributed by atoms with E-state index in [1.54, 1.807) is 17.0 Å². The number of hydrogen-bond donors (Lipinski definition) is 1. The van der Waals surface area contributed by atoms with Crippen LogP contribution in [0.5, 0.6) is 0 Å². The van der Waals surface area contributed by atoms with Crippen LogP contribution in [0.3, 0.4) is 0 Å². The van der Waals surface area contributed by atoms with Gasteiger partial charge in [0.25, 0.3) is 0 Å². The molecular weight excluding hydrogens is 270 g/mol. The molecule has 0 bridgehead atoms. The zero-order valence-corrected chi connectivity index (χ0v) is 11.2. The molecule has 1 aromatic carbocycles. The number of esters is 1. The number of aliphatic hydroxyl groups is 1. The molecule has 6 heteroatoms. The molecule has 1 saturated heterocycles. The van der Waals surface area contributed by atoms with Crippen LogP contribution in [0.2, 0.25) is 5.02 Å². The number of ether oxygens (including phenoxy) is 1. The first-order chi connectivity index (χ1) is 9.06. The highest BCUT2D eigenvalue weighted by molar-refractivity contribution is 6.34. The largest absolute Gasteiger partial charge is 0.465 e. The maximum absolute atomic E-state index is 11.8. The van der Waals surface area contributed by atoms with Crippen LogP contribution in [-0.2, 0) is 9.53 Å². The zero-order valence-electron chi connectivity index (χ0n) is 10.4. The Morgan fingerprint density at radius 3 is 2.84 bits per heavy atom. The molecule has 19 heavy (non-hydrogen) atoms. The molecule has 1 heterocycles. The van der Waals surface area contributed by atoms with E-state index in [1.807, 2.05) is 0 Å². The minimum atomic E-state index is -0.516. The van der Waals surface area contributed by atoms with Crippen molar-refractivity contribution in [2.24, 2.45) is 5.92 Å². The van der Waals surface area contributed by atoms with Gasteiger partial charge in [-0.15, -0.1) is 0 Å². The lowest BCUT2D eigenvalue weighted by Crippen LogP contribution is -2.25. The number of anilines is 1. The van der Waals surface area contributed by atoms with Crippen molar-refractivity contribution in [3.63, 3.8) is 0 Å². The topological polar surface area (TPSA) is 66.8 Å². The van der Waals surface area contributed by atoms with E-state index in [2.05, 4.69) is 4.74 Å². The normalized spacial score (nSPS) is 18.8. The summed E-state index contributed by atoms with van der Waals surface area (Å²) in [5.74, 6) is -0.620. The fourth-order valence-electron chi connectivity index (χ4n) is 2.10. The second-order valence-electron chi connectivity index (χ2n) is 4.41. The van der Waals surface area contributed by atoms with E-state index in [4.69, 9.17) is 16.7 Å².